The number of carboxylic acid groups (broad SMARTS) is 2. The van der Waals surface area contributed by atoms with Gasteiger partial charge < -0.3 is 20.4 Å². The van der Waals surface area contributed by atoms with E-state index in [0.29, 0.717) is 17.3 Å². The van der Waals surface area contributed by atoms with Gasteiger partial charge in [-0.15, -0.1) is 0 Å². The largest absolute Gasteiger partial charge is 0.481 e. The van der Waals surface area contributed by atoms with Crippen molar-refractivity contribution in [3.8, 4) is 0 Å². The fourth-order valence-electron chi connectivity index (χ4n) is 0.249. The normalized spacial score (nSPS) is 10.3. The number of carboxylic acids is 2. The Morgan fingerprint density at radius 3 is 1.28 bits per heavy atom. The van der Waals surface area contributed by atoms with E-state index in [1.54, 1.807) is 0 Å². The van der Waals surface area contributed by atoms with Gasteiger partial charge in [-0.25, -0.2) is 0 Å². The van der Waals surface area contributed by atoms with Crippen LogP contribution in [0.1, 0.15) is 12.8 Å². The van der Waals surface area contributed by atoms with Crippen molar-refractivity contribution in [1.82, 2.24) is 0 Å². The van der Waals surface area contributed by atoms with Crippen molar-refractivity contribution >= 4 is 49.8 Å². The van der Waals surface area contributed by atoms with Gasteiger partial charge in [-0.2, -0.15) is 37.9 Å². The minimum Gasteiger partial charge on any atom is -0.481 e. The van der Waals surface area contributed by atoms with Crippen molar-refractivity contribution in [2.24, 2.45) is 0 Å². The molecule has 0 rings (SSSR count). The van der Waals surface area contributed by atoms with E-state index in [2.05, 4.69) is 37.9 Å². The van der Waals surface area contributed by atoms with Crippen LogP contribution in [-0.2, 0) is 9.59 Å². The highest BCUT2D eigenvalue weighted by molar-refractivity contribution is 7.80. The quantitative estimate of drug-likeness (QED) is 0.348. The number of thiol groups is 3. The average molecular weight is 320 g/mol. The third-order valence-corrected chi connectivity index (χ3v) is 1.94. The summed E-state index contributed by atoms with van der Waals surface area (Å²) >= 11 is 11.0. The molecule has 0 amide bonds. The molecule has 0 saturated carbocycles. The summed E-state index contributed by atoms with van der Waals surface area (Å²) in [4.78, 5) is 19.1. The first kappa shape index (κ1) is 23.0. The molecular formula is C9H20O6S3. The Balaban J connectivity index is -0.000000187. The van der Waals surface area contributed by atoms with Gasteiger partial charge in [0.2, 0.25) is 0 Å². The van der Waals surface area contributed by atoms with Gasteiger partial charge in [0.25, 0.3) is 0 Å². The van der Waals surface area contributed by atoms with Crippen molar-refractivity contribution in [3.63, 3.8) is 0 Å². The Labute approximate surface area is 123 Å². The third-order valence-electron chi connectivity index (χ3n) is 1.07. The van der Waals surface area contributed by atoms with Gasteiger partial charge in [0, 0.05) is 17.3 Å². The van der Waals surface area contributed by atoms with Crippen molar-refractivity contribution < 1.29 is 30.0 Å². The molecule has 0 bridgehead atoms. The first-order valence-electron chi connectivity index (χ1n) is 4.90. The lowest BCUT2D eigenvalue weighted by molar-refractivity contribution is -0.137. The van der Waals surface area contributed by atoms with E-state index < -0.39 is 18.0 Å². The molecule has 110 valence electrons. The molecule has 0 spiro atoms. The predicted molar refractivity (Wildman–Crippen MR) is 79.2 cm³/mol. The van der Waals surface area contributed by atoms with E-state index in [-0.39, 0.29) is 19.4 Å². The van der Waals surface area contributed by atoms with Crippen LogP contribution in [0.15, 0.2) is 0 Å². The molecule has 0 aromatic rings. The molecule has 6 nitrogen and oxygen atoms in total. The summed E-state index contributed by atoms with van der Waals surface area (Å²) < 4.78 is 0. The van der Waals surface area contributed by atoms with Crippen molar-refractivity contribution in [3.05, 3.63) is 0 Å². The molecule has 18 heavy (non-hydrogen) atoms. The molecule has 0 saturated heterocycles. The molecular weight excluding hydrogens is 300 g/mol. The van der Waals surface area contributed by atoms with E-state index in [1.165, 1.54) is 0 Å². The van der Waals surface area contributed by atoms with Gasteiger partial charge in [-0.05, 0) is 0 Å². The van der Waals surface area contributed by atoms with Gasteiger partial charge in [0.1, 0.15) is 0 Å². The van der Waals surface area contributed by atoms with Crippen LogP contribution < -0.4 is 0 Å². The zero-order valence-corrected chi connectivity index (χ0v) is 12.5. The minimum absolute atomic E-state index is 0.156. The first-order valence-corrected chi connectivity index (χ1v) is 6.80. The highest BCUT2D eigenvalue weighted by Crippen LogP contribution is 1.81. The van der Waals surface area contributed by atoms with E-state index in [1.807, 2.05) is 0 Å². The summed E-state index contributed by atoms with van der Waals surface area (Å²) in [6.45, 7) is -0.191. The van der Waals surface area contributed by atoms with E-state index in [4.69, 9.17) is 20.4 Å². The summed E-state index contributed by atoms with van der Waals surface area (Å²) in [6.07, 6.45) is -0.333. The van der Waals surface area contributed by atoms with E-state index in [0.717, 1.165) is 0 Å². The van der Waals surface area contributed by atoms with Crippen LogP contribution >= 0.6 is 37.9 Å². The molecule has 0 heterocycles. The summed E-state index contributed by atoms with van der Waals surface area (Å²) in [7, 11) is 0. The van der Waals surface area contributed by atoms with Crippen molar-refractivity contribution in [2.75, 3.05) is 23.9 Å². The third kappa shape index (κ3) is 36.0. The van der Waals surface area contributed by atoms with E-state index in [9.17, 15) is 9.59 Å². The average Bonchev–Trinajstić information content (AvgIpc) is 2.29. The Bertz CT molecular complexity index is 183. The van der Waals surface area contributed by atoms with Crippen LogP contribution in [0.2, 0.25) is 0 Å². The Morgan fingerprint density at radius 1 is 0.944 bits per heavy atom. The molecule has 0 aromatic heterocycles. The number of carbonyl (C=O) groups is 2. The molecule has 1 atom stereocenters. The second-order valence-electron chi connectivity index (χ2n) is 2.75. The fourth-order valence-corrected chi connectivity index (χ4v) is 0.747. The van der Waals surface area contributed by atoms with Gasteiger partial charge in [-0.3, -0.25) is 9.59 Å². The van der Waals surface area contributed by atoms with Gasteiger partial charge in [0.05, 0.1) is 25.6 Å². The smallest absolute Gasteiger partial charge is 0.304 e. The van der Waals surface area contributed by atoms with Crippen LogP contribution in [0, 0.1) is 0 Å². The van der Waals surface area contributed by atoms with Crippen LogP contribution in [0.5, 0.6) is 0 Å². The van der Waals surface area contributed by atoms with Crippen molar-refractivity contribution in [1.29, 1.82) is 0 Å². The lowest BCUT2D eigenvalue weighted by Crippen LogP contribution is -2.12. The topological polar surface area (TPSA) is 115 Å². The zero-order chi connectivity index (χ0) is 15.0. The maximum absolute atomic E-state index is 9.55. The second kappa shape index (κ2) is 19.3. The first-order chi connectivity index (χ1) is 8.35. The predicted octanol–water partition coefficient (Wildman–Crippen LogP) is 0.0512. The molecule has 4 N–H and O–H groups in total. The maximum Gasteiger partial charge on any atom is 0.304 e. The highest BCUT2D eigenvalue weighted by atomic mass is 32.1. The Morgan fingerprint density at radius 2 is 1.28 bits per heavy atom. The minimum atomic E-state index is -0.787. The van der Waals surface area contributed by atoms with Crippen LogP contribution in [0.25, 0.3) is 0 Å². The van der Waals surface area contributed by atoms with Gasteiger partial charge >= 0.3 is 11.9 Å². The molecule has 0 aliphatic heterocycles. The number of rotatable bonds is 6. The molecule has 0 aliphatic carbocycles. The second-order valence-corrected chi connectivity index (χ2v) is 4.01. The number of hydrogen-bond donors (Lipinski definition) is 7. The summed E-state index contributed by atoms with van der Waals surface area (Å²) in [5.41, 5.74) is 0. The number of aliphatic carboxylic acids is 2. The maximum atomic E-state index is 9.55. The number of hydrogen-bond acceptors (Lipinski definition) is 7. The molecule has 0 radical (unpaired) electrons. The highest BCUT2D eigenvalue weighted by Gasteiger charge is 1.93. The number of aliphatic hydroxyl groups excluding tert-OH is 2. The molecule has 1 unspecified atom stereocenters. The lowest BCUT2D eigenvalue weighted by atomic mass is 10.4. The summed E-state index contributed by atoms with van der Waals surface area (Å²) in [6, 6.07) is 0. The molecule has 0 aromatic carbocycles. The van der Waals surface area contributed by atoms with Gasteiger partial charge in [0.15, 0.2) is 0 Å². The Hall–Kier alpha value is -0.0900. The van der Waals surface area contributed by atoms with Crippen molar-refractivity contribution in [2.45, 2.75) is 18.9 Å². The van der Waals surface area contributed by atoms with Gasteiger partial charge in [-0.1, -0.05) is 0 Å². The van der Waals surface area contributed by atoms with Crippen LogP contribution in [0.4, 0.5) is 0 Å². The summed E-state index contributed by atoms with van der Waals surface area (Å²) in [5.74, 6) is -0.392. The Kier molecular flexibility index (Phi) is 24.6. The van der Waals surface area contributed by atoms with E-state index >= 15 is 0 Å². The molecule has 0 aliphatic rings. The van der Waals surface area contributed by atoms with Crippen LogP contribution in [0.3, 0.4) is 0 Å². The fraction of sp³-hybridized carbons (Fsp3) is 0.778. The molecule has 0 fully saturated rings. The van der Waals surface area contributed by atoms with Crippen LogP contribution in [-0.4, -0.2) is 62.3 Å². The standard InChI is InChI=1S/C3H8O2S.2C3H6O2S/c4-1-3(5)2-6;2*4-3(5)1-2-6/h3-6H,1-2H2;2*6H,1-2H2,(H,4,5). The lowest BCUT2D eigenvalue weighted by Gasteiger charge is -1.96. The zero-order valence-electron chi connectivity index (χ0n) is 9.77. The molecule has 9 heteroatoms. The summed E-state index contributed by atoms with van der Waals surface area (Å²) in [5, 5.41) is 32.1. The monoisotopic (exact) mass is 320 g/mol. The number of aliphatic hydroxyl groups is 2. The SMILES string of the molecule is O=C(O)CCS.O=C(O)CCS.OCC(O)CS.